The molecule has 5 heteroatoms. The van der Waals surface area contributed by atoms with Gasteiger partial charge in [0.2, 0.25) is 0 Å². The van der Waals surface area contributed by atoms with Gasteiger partial charge in [0.1, 0.15) is 6.54 Å². The Bertz CT molecular complexity index is 429. The van der Waals surface area contributed by atoms with Crippen molar-refractivity contribution in [3.8, 4) is 0 Å². The topological polar surface area (TPSA) is 66.4 Å². The number of nitrogens with one attached hydrogen (secondary N) is 1. The van der Waals surface area contributed by atoms with Crippen LogP contribution in [0, 0.1) is 0 Å². The predicted octanol–water partition coefficient (Wildman–Crippen LogP) is 1.75. The number of ketones is 1. The highest BCUT2D eigenvalue weighted by atomic mass is 32.2. The Hall–Kier alpha value is -1.75. The number of hydrogen-bond donors (Lipinski definition) is 2. The molecule has 0 saturated carbocycles. The van der Waals surface area contributed by atoms with E-state index >= 15 is 0 Å². The van der Waals surface area contributed by atoms with E-state index < -0.39 is 5.97 Å². The van der Waals surface area contributed by atoms with Crippen LogP contribution in [0.1, 0.15) is 10.4 Å². The summed E-state index contributed by atoms with van der Waals surface area (Å²) in [7, 11) is 0. The van der Waals surface area contributed by atoms with Gasteiger partial charge in [-0.2, -0.15) is 0 Å². The van der Waals surface area contributed by atoms with Gasteiger partial charge in [-0.1, -0.05) is 30.3 Å². The minimum atomic E-state index is -0.961. The molecule has 0 radical (unpaired) electrons. The molecule has 0 spiro atoms. The highest BCUT2D eigenvalue weighted by molar-refractivity contribution is 8.02. The quantitative estimate of drug-likeness (QED) is 0.595. The average molecular weight is 251 g/mol. The molecule has 0 aliphatic heterocycles. The number of aliphatic carboxylic acids is 1. The molecule has 17 heavy (non-hydrogen) atoms. The number of carbonyl (C=O) groups is 2. The molecule has 1 aromatic carbocycles. The third kappa shape index (κ3) is 4.74. The molecule has 0 saturated heterocycles. The second kappa shape index (κ2) is 6.75. The first-order valence-corrected chi connectivity index (χ1v) is 6.16. The van der Waals surface area contributed by atoms with E-state index in [2.05, 4.69) is 5.32 Å². The van der Waals surface area contributed by atoms with Crippen LogP contribution in [0.5, 0.6) is 0 Å². The van der Waals surface area contributed by atoms with Crippen molar-refractivity contribution < 1.29 is 14.7 Å². The van der Waals surface area contributed by atoms with Gasteiger partial charge in [0, 0.05) is 11.6 Å². The number of rotatable bonds is 6. The van der Waals surface area contributed by atoms with Crippen LogP contribution in [0.3, 0.4) is 0 Å². The van der Waals surface area contributed by atoms with Gasteiger partial charge in [-0.15, -0.1) is 11.8 Å². The van der Waals surface area contributed by atoms with Gasteiger partial charge in [-0.3, -0.25) is 9.59 Å². The molecule has 1 aromatic rings. The summed E-state index contributed by atoms with van der Waals surface area (Å²) in [5, 5.41) is 11.7. The lowest BCUT2D eigenvalue weighted by Gasteiger charge is -2.05. The van der Waals surface area contributed by atoms with Crippen molar-refractivity contribution >= 4 is 23.5 Å². The van der Waals surface area contributed by atoms with E-state index in [4.69, 9.17) is 5.11 Å². The molecule has 0 unspecified atom stereocenters. The molecule has 0 heterocycles. The maximum atomic E-state index is 11.8. The average Bonchev–Trinajstić information content (AvgIpc) is 2.35. The van der Waals surface area contributed by atoms with Crippen molar-refractivity contribution in [2.75, 3.05) is 12.8 Å². The van der Waals surface area contributed by atoms with Gasteiger partial charge in [-0.05, 0) is 6.26 Å². The van der Waals surface area contributed by atoms with Crippen molar-refractivity contribution in [3.05, 3.63) is 47.0 Å². The lowest BCUT2D eigenvalue weighted by atomic mass is 10.1. The van der Waals surface area contributed by atoms with Gasteiger partial charge in [0.15, 0.2) is 5.78 Å². The lowest BCUT2D eigenvalue weighted by Crippen LogP contribution is -2.21. The highest BCUT2D eigenvalue weighted by Gasteiger charge is 2.05. The first kappa shape index (κ1) is 13.3. The van der Waals surface area contributed by atoms with E-state index in [9.17, 15) is 9.59 Å². The third-order valence-electron chi connectivity index (χ3n) is 1.95. The van der Waals surface area contributed by atoms with Crippen LogP contribution in [0.2, 0.25) is 0 Å². The number of carbonyl (C=O) groups excluding carboxylic acids is 1. The minimum Gasteiger partial charge on any atom is -0.480 e. The summed E-state index contributed by atoms with van der Waals surface area (Å²) in [6.45, 7) is -0.200. The van der Waals surface area contributed by atoms with Crippen molar-refractivity contribution in [2.24, 2.45) is 0 Å². The summed E-state index contributed by atoms with van der Waals surface area (Å²) in [5.74, 6) is -1.11. The fourth-order valence-electron chi connectivity index (χ4n) is 1.15. The number of allylic oxidation sites excluding steroid dienone is 1. The Morgan fingerprint density at radius 3 is 2.53 bits per heavy atom. The van der Waals surface area contributed by atoms with Gasteiger partial charge in [-0.25, -0.2) is 0 Å². The van der Waals surface area contributed by atoms with E-state index in [0.29, 0.717) is 10.6 Å². The van der Waals surface area contributed by atoms with Crippen molar-refractivity contribution in [2.45, 2.75) is 0 Å². The molecule has 4 nitrogen and oxygen atoms in total. The zero-order chi connectivity index (χ0) is 12.7. The molecule has 2 N–H and O–H groups in total. The van der Waals surface area contributed by atoms with E-state index in [1.54, 1.807) is 30.5 Å². The Labute approximate surface area is 104 Å². The van der Waals surface area contributed by atoms with Crippen LogP contribution in [0.4, 0.5) is 0 Å². The molecule has 0 aromatic heterocycles. The summed E-state index contributed by atoms with van der Waals surface area (Å²) in [6, 6.07) is 8.83. The van der Waals surface area contributed by atoms with Crippen LogP contribution in [0.25, 0.3) is 0 Å². The second-order valence-corrected chi connectivity index (χ2v) is 4.04. The number of carboxylic acids is 1. The Morgan fingerprint density at radius 1 is 1.35 bits per heavy atom. The number of benzene rings is 1. The maximum absolute atomic E-state index is 11.8. The first-order chi connectivity index (χ1) is 8.13. The summed E-state index contributed by atoms with van der Waals surface area (Å²) < 4.78 is 0. The van der Waals surface area contributed by atoms with Crippen molar-refractivity contribution in [3.63, 3.8) is 0 Å². The molecule has 0 atom stereocenters. The molecule has 0 bridgehead atoms. The van der Waals surface area contributed by atoms with E-state index in [-0.39, 0.29) is 12.3 Å². The summed E-state index contributed by atoms with van der Waals surface area (Å²) in [4.78, 5) is 22.2. The van der Waals surface area contributed by atoms with E-state index in [1.165, 1.54) is 17.8 Å². The maximum Gasteiger partial charge on any atom is 0.322 e. The first-order valence-electron chi connectivity index (χ1n) is 4.94. The molecule has 1 rings (SSSR count). The second-order valence-electron chi connectivity index (χ2n) is 3.19. The number of carboxylic acid groups (broad SMARTS) is 1. The zero-order valence-corrected chi connectivity index (χ0v) is 10.2. The summed E-state index contributed by atoms with van der Waals surface area (Å²) >= 11 is 1.30. The van der Waals surface area contributed by atoms with E-state index in [0.717, 1.165) is 0 Å². The zero-order valence-electron chi connectivity index (χ0n) is 9.34. The van der Waals surface area contributed by atoms with Crippen LogP contribution < -0.4 is 5.32 Å². The molecule has 0 amide bonds. The van der Waals surface area contributed by atoms with Crippen molar-refractivity contribution in [1.29, 1.82) is 0 Å². The SMILES string of the molecule is CS/C(=C\C(=O)c1ccccc1)NCC(=O)O. The van der Waals surface area contributed by atoms with Crippen LogP contribution in [-0.4, -0.2) is 29.7 Å². The van der Waals surface area contributed by atoms with Crippen LogP contribution >= 0.6 is 11.8 Å². The number of thioether (sulfide) groups is 1. The van der Waals surface area contributed by atoms with Crippen LogP contribution in [0.15, 0.2) is 41.4 Å². The van der Waals surface area contributed by atoms with Gasteiger partial charge in [0.05, 0.1) is 5.03 Å². The molecule has 0 fully saturated rings. The summed E-state index contributed by atoms with van der Waals surface area (Å²) in [5.41, 5.74) is 0.580. The van der Waals surface area contributed by atoms with Crippen molar-refractivity contribution in [1.82, 2.24) is 5.32 Å². The monoisotopic (exact) mass is 251 g/mol. The Balaban J connectivity index is 2.71. The molecule has 0 aliphatic carbocycles. The van der Waals surface area contributed by atoms with Crippen LogP contribution in [-0.2, 0) is 4.79 Å². The molecular formula is C12H13NO3S. The summed E-state index contributed by atoms with van der Waals surface area (Å²) in [6.07, 6.45) is 3.18. The third-order valence-corrected chi connectivity index (χ3v) is 2.66. The standard InChI is InChI=1S/C12H13NO3S/c1-17-11(13-8-12(15)16)7-10(14)9-5-3-2-4-6-9/h2-7,13H,8H2,1H3,(H,15,16)/b11-7-. The minimum absolute atomic E-state index is 0.146. The fraction of sp³-hybridized carbons (Fsp3) is 0.167. The Morgan fingerprint density at radius 2 is 2.00 bits per heavy atom. The van der Waals surface area contributed by atoms with Gasteiger partial charge < -0.3 is 10.4 Å². The highest BCUT2D eigenvalue weighted by Crippen LogP contribution is 2.10. The normalized spacial score (nSPS) is 11.0. The Kier molecular flexibility index (Phi) is 5.29. The fourth-order valence-corrected chi connectivity index (χ4v) is 1.59. The van der Waals surface area contributed by atoms with Gasteiger partial charge >= 0.3 is 5.97 Å². The molecule has 90 valence electrons. The predicted molar refractivity (Wildman–Crippen MR) is 68.0 cm³/mol. The smallest absolute Gasteiger partial charge is 0.322 e. The lowest BCUT2D eigenvalue weighted by molar-refractivity contribution is -0.135. The van der Waals surface area contributed by atoms with Gasteiger partial charge in [0.25, 0.3) is 0 Å². The van der Waals surface area contributed by atoms with E-state index in [1.807, 2.05) is 6.07 Å². The molecular weight excluding hydrogens is 238 g/mol. The number of hydrogen-bond acceptors (Lipinski definition) is 4. The largest absolute Gasteiger partial charge is 0.480 e. The molecule has 0 aliphatic rings.